The lowest BCUT2D eigenvalue weighted by molar-refractivity contribution is 0.0985. The second-order valence-corrected chi connectivity index (χ2v) is 9.21. The number of nitrogens with one attached hydrogen (secondary N) is 1. The summed E-state index contributed by atoms with van der Waals surface area (Å²) >= 11 is 0. The molecule has 172 valence electrons. The van der Waals surface area contributed by atoms with Gasteiger partial charge in [0.15, 0.2) is 0 Å². The summed E-state index contributed by atoms with van der Waals surface area (Å²) in [6.45, 7) is 0.495. The maximum atomic E-state index is 13.2. The quantitative estimate of drug-likeness (QED) is 0.583. The van der Waals surface area contributed by atoms with Gasteiger partial charge >= 0.3 is 0 Å². The Kier molecular flexibility index (Phi) is 6.24. The van der Waals surface area contributed by atoms with Crippen LogP contribution in [0.25, 0.3) is 0 Å². The van der Waals surface area contributed by atoms with Gasteiger partial charge in [0.05, 0.1) is 24.8 Å². The second-order valence-electron chi connectivity index (χ2n) is 7.53. The molecule has 0 fully saturated rings. The molecule has 0 atom stereocenters. The van der Waals surface area contributed by atoms with Crippen LogP contribution in [0.2, 0.25) is 0 Å². The van der Waals surface area contributed by atoms with E-state index in [0.29, 0.717) is 42.1 Å². The van der Waals surface area contributed by atoms with Crippen LogP contribution in [-0.4, -0.2) is 35.1 Å². The van der Waals surface area contributed by atoms with Gasteiger partial charge in [-0.15, -0.1) is 0 Å². The molecule has 0 aliphatic carbocycles. The maximum Gasteiger partial charge on any atom is 0.262 e. The molecular formula is C24H23FN2O5S. The molecule has 33 heavy (non-hydrogen) atoms. The molecule has 1 N–H and O–H groups in total. The molecule has 7 nitrogen and oxygen atoms in total. The molecule has 0 spiro atoms. The van der Waals surface area contributed by atoms with Crippen LogP contribution < -0.4 is 19.1 Å². The van der Waals surface area contributed by atoms with Crippen LogP contribution in [-0.2, 0) is 16.4 Å². The third kappa shape index (κ3) is 4.63. The van der Waals surface area contributed by atoms with Gasteiger partial charge in [0.1, 0.15) is 17.3 Å². The van der Waals surface area contributed by atoms with Crippen LogP contribution in [0.15, 0.2) is 65.6 Å². The number of fused-ring (bicyclic) bond motifs is 1. The van der Waals surface area contributed by atoms with E-state index in [9.17, 15) is 17.6 Å². The molecule has 9 heteroatoms. The number of halogens is 1. The molecule has 4 rings (SSSR count). The highest BCUT2D eigenvalue weighted by Crippen LogP contribution is 2.34. The van der Waals surface area contributed by atoms with E-state index in [1.54, 1.807) is 29.2 Å². The van der Waals surface area contributed by atoms with Crippen molar-refractivity contribution < 1.29 is 27.1 Å². The van der Waals surface area contributed by atoms with Gasteiger partial charge in [-0.3, -0.25) is 9.52 Å². The molecule has 0 saturated carbocycles. The summed E-state index contributed by atoms with van der Waals surface area (Å²) in [5.41, 5.74) is 2.01. The van der Waals surface area contributed by atoms with Gasteiger partial charge in [0.2, 0.25) is 0 Å². The number of methoxy groups -OCH3 is 2. The first-order chi connectivity index (χ1) is 15.8. The Balaban J connectivity index is 1.64. The van der Waals surface area contributed by atoms with Gasteiger partial charge in [-0.25, -0.2) is 12.8 Å². The van der Waals surface area contributed by atoms with Crippen molar-refractivity contribution >= 4 is 27.3 Å². The minimum atomic E-state index is -3.93. The SMILES string of the molecule is COc1ccc(OC)c(NS(=O)(=O)c2ccc3c(c2)CCCN3C(=O)c2ccc(F)cc2)c1. The van der Waals surface area contributed by atoms with E-state index in [4.69, 9.17) is 9.47 Å². The molecule has 1 aliphatic heterocycles. The predicted octanol–water partition coefficient (Wildman–Crippen LogP) is 4.24. The number of carbonyl (C=O) groups excluding carboxylic acids is 1. The normalized spacial score (nSPS) is 13.2. The summed E-state index contributed by atoms with van der Waals surface area (Å²) in [7, 11) is -0.991. The Labute approximate surface area is 191 Å². The maximum absolute atomic E-state index is 13.2. The number of benzene rings is 3. The zero-order valence-electron chi connectivity index (χ0n) is 18.2. The molecular weight excluding hydrogens is 447 g/mol. The van der Waals surface area contributed by atoms with E-state index in [-0.39, 0.29) is 16.5 Å². The number of aryl methyl sites for hydroxylation is 1. The minimum absolute atomic E-state index is 0.0715. The third-order valence-electron chi connectivity index (χ3n) is 5.47. The van der Waals surface area contributed by atoms with E-state index in [0.717, 1.165) is 5.56 Å². The average molecular weight is 471 g/mol. The average Bonchev–Trinajstić information content (AvgIpc) is 2.83. The van der Waals surface area contributed by atoms with Gasteiger partial charge < -0.3 is 14.4 Å². The Morgan fingerprint density at radius 3 is 2.45 bits per heavy atom. The first-order valence-corrected chi connectivity index (χ1v) is 11.8. The highest BCUT2D eigenvalue weighted by atomic mass is 32.2. The van der Waals surface area contributed by atoms with Crippen LogP contribution in [0.4, 0.5) is 15.8 Å². The Bertz CT molecular complexity index is 1290. The fourth-order valence-corrected chi connectivity index (χ4v) is 4.91. The van der Waals surface area contributed by atoms with E-state index in [1.807, 2.05) is 0 Å². The standard InChI is InChI=1S/C24H23FN2O5S/c1-31-19-9-12-23(32-2)21(15-19)26-33(29,30)20-10-11-22-17(14-20)4-3-13-27(22)24(28)16-5-7-18(25)8-6-16/h5-12,14-15,26H,3-4,13H2,1-2H3. The van der Waals surface area contributed by atoms with Gasteiger partial charge in [0, 0.05) is 23.9 Å². The van der Waals surface area contributed by atoms with Crippen LogP contribution in [0.3, 0.4) is 0 Å². The smallest absolute Gasteiger partial charge is 0.262 e. The van der Waals surface area contributed by atoms with Gasteiger partial charge in [-0.1, -0.05) is 0 Å². The topological polar surface area (TPSA) is 84.9 Å². The molecule has 3 aromatic rings. The summed E-state index contributed by atoms with van der Waals surface area (Å²) < 4.78 is 52.4. The van der Waals surface area contributed by atoms with Crippen molar-refractivity contribution in [3.63, 3.8) is 0 Å². The van der Waals surface area contributed by atoms with Crippen molar-refractivity contribution in [3.05, 3.63) is 77.6 Å². The van der Waals surface area contributed by atoms with E-state index in [2.05, 4.69) is 4.72 Å². The van der Waals surface area contributed by atoms with Crippen molar-refractivity contribution in [2.75, 3.05) is 30.4 Å². The Morgan fingerprint density at radius 2 is 1.76 bits per heavy atom. The molecule has 3 aromatic carbocycles. The van der Waals surface area contributed by atoms with Crippen molar-refractivity contribution in [3.8, 4) is 11.5 Å². The molecule has 0 unspecified atom stereocenters. The fourth-order valence-electron chi connectivity index (χ4n) is 3.80. The molecule has 0 aromatic heterocycles. The summed E-state index contributed by atoms with van der Waals surface area (Å²) in [6.07, 6.45) is 1.31. The summed E-state index contributed by atoms with van der Waals surface area (Å²) in [5, 5.41) is 0. The van der Waals surface area contributed by atoms with Crippen LogP contribution in [0, 0.1) is 5.82 Å². The van der Waals surface area contributed by atoms with Crippen molar-refractivity contribution in [1.29, 1.82) is 0 Å². The number of amides is 1. The van der Waals surface area contributed by atoms with Crippen molar-refractivity contribution in [1.82, 2.24) is 0 Å². The molecule has 1 amide bonds. The van der Waals surface area contributed by atoms with E-state index < -0.39 is 15.8 Å². The number of anilines is 2. The Morgan fingerprint density at radius 1 is 1.00 bits per heavy atom. The number of sulfonamides is 1. The lowest BCUT2D eigenvalue weighted by Gasteiger charge is -2.30. The fraction of sp³-hybridized carbons (Fsp3) is 0.208. The lowest BCUT2D eigenvalue weighted by Crippen LogP contribution is -2.35. The van der Waals surface area contributed by atoms with Gasteiger partial charge in [-0.05, 0) is 73.0 Å². The largest absolute Gasteiger partial charge is 0.497 e. The molecule has 0 bridgehead atoms. The molecule has 1 heterocycles. The van der Waals surface area contributed by atoms with Gasteiger partial charge in [-0.2, -0.15) is 0 Å². The number of nitrogens with zero attached hydrogens (tertiary/aromatic N) is 1. The predicted molar refractivity (Wildman–Crippen MR) is 123 cm³/mol. The van der Waals surface area contributed by atoms with E-state index >= 15 is 0 Å². The third-order valence-corrected chi connectivity index (χ3v) is 6.83. The number of hydrogen-bond acceptors (Lipinski definition) is 5. The van der Waals surface area contributed by atoms with Gasteiger partial charge in [0.25, 0.3) is 15.9 Å². The summed E-state index contributed by atoms with van der Waals surface area (Å²) in [5.74, 6) is 0.161. The van der Waals surface area contributed by atoms with Crippen LogP contribution in [0.1, 0.15) is 22.3 Å². The highest BCUT2D eigenvalue weighted by Gasteiger charge is 2.26. The zero-order chi connectivity index (χ0) is 23.6. The van der Waals surface area contributed by atoms with Crippen LogP contribution in [0.5, 0.6) is 11.5 Å². The monoisotopic (exact) mass is 470 g/mol. The number of ether oxygens (including phenoxy) is 2. The molecule has 0 saturated heterocycles. The van der Waals surface area contributed by atoms with Crippen molar-refractivity contribution in [2.45, 2.75) is 17.7 Å². The first-order valence-electron chi connectivity index (χ1n) is 10.3. The molecule has 1 aliphatic rings. The van der Waals surface area contributed by atoms with Crippen molar-refractivity contribution in [2.24, 2.45) is 0 Å². The second kappa shape index (κ2) is 9.11. The number of hydrogen-bond donors (Lipinski definition) is 1. The van der Waals surface area contributed by atoms with E-state index in [1.165, 1.54) is 50.6 Å². The zero-order valence-corrected chi connectivity index (χ0v) is 19.0. The lowest BCUT2D eigenvalue weighted by atomic mass is 10.0. The minimum Gasteiger partial charge on any atom is -0.497 e. The number of rotatable bonds is 6. The summed E-state index contributed by atoms with van der Waals surface area (Å²) in [6, 6.07) is 14.9. The Hall–Kier alpha value is -3.59. The highest BCUT2D eigenvalue weighted by molar-refractivity contribution is 7.92. The van der Waals surface area contributed by atoms with Crippen LogP contribution >= 0.6 is 0 Å². The molecule has 0 radical (unpaired) electrons. The number of carbonyl (C=O) groups is 1. The summed E-state index contributed by atoms with van der Waals surface area (Å²) in [4.78, 5) is 14.6. The first kappa shape index (κ1) is 22.6.